The Hall–Kier alpha value is -0.900. The molecule has 0 aromatic rings. The fourth-order valence-corrected chi connectivity index (χ4v) is 4.78. The Balaban J connectivity index is 1.89. The first kappa shape index (κ1) is 13.1. The number of hydrogen-bond acceptors (Lipinski definition) is 3. The van der Waals surface area contributed by atoms with Crippen molar-refractivity contribution in [1.29, 1.82) is 0 Å². The van der Waals surface area contributed by atoms with Crippen LogP contribution in [0.25, 0.3) is 0 Å². The maximum absolute atomic E-state index is 12.3. The van der Waals surface area contributed by atoms with E-state index in [1.54, 1.807) is 0 Å². The van der Waals surface area contributed by atoms with Gasteiger partial charge in [-0.2, -0.15) is 0 Å². The predicted molar refractivity (Wildman–Crippen MR) is 72.4 cm³/mol. The second-order valence-electron chi connectivity index (χ2n) is 6.96. The maximum atomic E-state index is 12.3. The minimum absolute atomic E-state index is 0.00736. The molecule has 3 aliphatic heterocycles. The lowest BCUT2D eigenvalue weighted by molar-refractivity contribution is -0.149. The number of nitrogens with one attached hydrogen (secondary N) is 1. The average Bonchev–Trinajstić information content (AvgIpc) is 2.73. The van der Waals surface area contributed by atoms with Gasteiger partial charge in [-0.3, -0.25) is 14.9 Å². The minimum Gasteiger partial charge on any atom is -0.300 e. The molecule has 1 N–H and O–H groups in total. The van der Waals surface area contributed by atoms with E-state index in [4.69, 9.17) is 0 Å². The number of piperidine rings is 2. The first-order valence-electron chi connectivity index (χ1n) is 7.59. The van der Waals surface area contributed by atoms with Crippen LogP contribution in [-0.4, -0.2) is 35.8 Å². The third-order valence-corrected chi connectivity index (χ3v) is 5.42. The van der Waals surface area contributed by atoms with Crippen LogP contribution >= 0.6 is 0 Å². The second kappa shape index (κ2) is 4.58. The van der Waals surface area contributed by atoms with Crippen LogP contribution in [0.15, 0.2) is 0 Å². The Morgan fingerprint density at radius 2 is 2.11 bits per heavy atom. The van der Waals surface area contributed by atoms with Gasteiger partial charge < -0.3 is 4.90 Å². The van der Waals surface area contributed by atoms with Crippen LogP contribution in [0.5, 0.6) is 0 Å². The van der Waals surface area contributed by atoms with Gasteiger partial charge in [-0.25, -0.2) is 0 Å². The van der Waals surface area contributed by atoms with E-state index in [0.29, 0.717) is 18.4 Å². The van der Waals surface area contributed by atoms with Crippen molar-refractivity contribution in [2.75, 3.05) is 13.1 Å². The van der Waals surface area contributed by atoms with Crippen molar-refractivity contribution in [2.24, 2.45) is 17.3 Å². The van der Waals surface area contributed by atoms with E-state index in [-0.39, 0.29) is 23.1 Å². The molecule has 3 unspecified atom stereocenters. The van der Waals surface area contributed by atoms with Gasteiger partial charge in [-0.05, 0) is 50.1 Å². The van der Waals surface area contributed by atoms with E-state index in [9.17, 15) is 9.59 Å². The third kappa shape index (κ3) is 2.10. The number of carbonyl (C=O) groups excluding carboxylic acids is 2. The fourth-order valence-electron chi connectivity index (χ4n) is 4.78. The molecule has 1 spiro atoms. The van der Waals surface area contributed by atoms with E-state index in [1.807, 2.05) is 0 Å². The number of carbonyl (C=O) groups is 2. The quantitative estimate of drug-likeness (QED) is 0.731. The maximum Gasteiger partial charge on any atom is 0.230 e. The topological polar surface area (TPSA) is 49.4 Å². The minimum atomic E-state index is -0.0703. The first-order valence-corrected chi connectivity index (χ1v) is 7.59. The number of rotatable bonds is 1. The molecule has 0 radical (unpaired) electrons. The largest absolute Gasteiger partial charge is 0.300 e. The number of nitrogens with zero attached hydrogens (tertiary/aromatic N) is 1. The molecule has 0 aliphatic carbocycles. The monoisotopic (exact) mass is 264 g/mol. The predicted octanol–water partition coefficient (Wildman–Crippen LogP) is 1.55. The molecule has 0 saturated carbocycles. The standard InChI is InChI=1S/C15H24N2O2/c1-10(2)13-14(19)16-12(18)9-15(13)5-7-17-6-3-4-11(17)8-15/h10-11,13H,3-9H2,1-2H3,(H,16,18,19). The zero-order valence-electron chi connectivity index (χ0n) is 11.9. The van der Waals surface area contributed by atoms with Crippen LogP contribution in [0.3, 0.4) is 0 Å². The van der Waals surface area contributed by atoms with Crippen LogP contribution in [0.2, 0.25) is 0 Å². The van der Waals surface area contributed by atoms with Crippen molar-refractivity contribution in [2.45, 2.75) is 52.0 Å². The van der Waals surface area contributed by atoms with Crippen molar-refractivity contribution in [3.05, 3.63) is 0 Å². The number of amides is 2. The van der Waals surface area contributed by atoms with Crippen LogP contribution in [-0.2, 0) is 9.59 Å². The Morgan fingerprint density at radius 3 is 2.84 bits per heavy atom. The molecular weight excluding hydrogens is 240 g/mol. The molecule has 0 aromatic heterocycles. The first-order chi connectivity index (χ1) is 9.02. The van der Waals surface area contributed by atoms with Gasteiger partial charge in [0.1, 0.15) is 0 Å². The highest BCUT2D eigenvalue weighted by Crippen LogP contribution is 2.50. The molecule has 106 valence electrons. The van der Waals surface area contributed by atoms with E-state index >= 15 is 0 Å². The van der Waals surface area contributed by atoms with Crippen molar-refractivity contribution >= 4 is 11.8 Å². The molecule has 3 atom stereocenters. The summed E-state index contributed by atoms with van der Waals surface area (Å²) in [5, 5.41) is 2.55. The van der Waals surface area contributed by atoms with Crippen molar-refractivity contribution in [3.63, 3.8) is 0 Å². The zero-order valence-corrected chi connectivity index (χ0v) is 11.9. The van der Waals surface area contributed by atoms with Crippen molar-refractivity contribution in [1.82, 2.24) is 10.2 Å². The molecule has 4 heteroatoms. The molecule has 2 amide bonds. The van der Waals surface area contributed by atoms with Gasteiger partial charge >= 0.3 is 0 Å². The number of hydrogen-bond donors (Lipinski definition) is 1. The smallest absolute Gasteiger partial charge is 0.230 e. The normalized spacial score (nSPS) is 39.7. The number of fused-ring (bicyclic) bond motifs is 1. The van der Waals surface area contributed by atoms with Crippen LogP contribution in [0, 0.1) is 17.3 Å². The lowest BCUT2D eigenvalue weighted by Gasteiger charge is -2.50. The van der Waals surface area contributed by atoms with Crippen molar-refractivity contribution < 1.29 is 9.59 Å². The fraction of sp³-hybridized carbons (Fsp3) is 0.867. The Morgan fingerprint density at radius 1 is 1.32 bits per heavy atom. The molecule has 3 fully saturated rings. The van der Waals surface area contributed by atoms with E-state index in [2.05, 4.69) is 24.1 Å². The highest BCUT2D eigenvalue weighted by atomic mass is 16.2. The molecule has 4 nitrogen and oxygen atoms in total. The second-order valence-corrected chi connectivity index (χ2v) is 6.96. The van der Waals surface area contributed by atoms with Gasteiger partial charge in [-0.1, -0.05) is 13.8 Å². The Kier molecular flexibility index (Phi) is 3.16. The summed E-state index contributed by atoms with van der Waals surface area (Å²) in [5.74, 6) is 0.222. The van der Waals surface area contributed by atoms with Crippen LogP contribution in [0.4, 0.5) is 0 Å². The van der Waals surface area contributed by atoms with Gasteiger partial charge in [0.05, 0.1) is 0 Å². The molecule has 0 bridgehead atoms. The summed E-state index contributed by atoms with van der Waals surface area (Å²) >= 11 is 0. The SMILES string of the molecule is CC(C)C1C(=O)NC(=O)CC12CCN1CCCC1C2. The van der Waals surface area contributed by atoms with Crippen molar-refractivity contribution in [3.8, 4) is 0 Å². The summed E-state index contributed by atoms with van der Waals surface area (Å²) in [6.07, 6.45) is 5.10. The molecule has 3 aliphatic rings. The summed E-state index contributed by atoms with van der Waals surface area (Å²) in [4.78, 5) is 26.7. The highest BCUT2D eigenvalue weighted by molar-refractivity contribution is 5.99. The summed E-state index contributed by atoms with van der Waals surface area (Å²) in [7, 11) is 0. The molecule has 3 heterocycles. The Bertz CT molecular complexity index is 407. The lowest BCUT2D eigenvalue weighted by atomic mass is 9.59. The van der Waals surface area contributed by atoms with Gasteiger partial charge in [0.25, 0.3) is 0 Å². The molecular formula is C15H24N2O2. The van der Waals surface area contributed by atoms with E-state index in [1.165, 1.54) is 19.4 Å². The van der Waals surface area contributed by atoms with Gasteiger partial charge in [0.2, 0.25) is 11.8 Å². The summed E-state index contributed by atoms with van der Waals surface area (Å²) in [6, 6.07) is 0.605. The molecule has 19 heavy (non-hydrogen) atoms. The molecule has 3 rings (SSSR count). The lowest BCUT2D eigenvalue weighted by Crippen LogP contribution is -2.58. The van der Waals surface area contributed by atoms with Gasteiger partial charge in [0, 0.05) is 18.4 Å². The van der Waals surface area contributed by atoms with Crippen LogP contribution in [0.1, 0.15) is 46.0 Å². The molecule has 0 aromatic carbocycles. The summed E-state index contributed by atoms with van der Waals surface area (Å²) in [6.45, 7) is 6.49. The average molecular weight is 264 g/mol. The van der Waals surface area contributed by atoms with Crippen LogP contribution < -0.4 is 5.32 Å². The summed E-state index contributed by atoms with van der Waals surface area (Å²) < 4.78 is 0. The highest BCUT2D eigenvalue weighted by Gasteiger charge is 2.53. The van der Waals surface area contributed by atoms with E-state index < -0.39 is 0 Å². The summed E-state index contributed by atoms with van der Waals surface area (Å²) in [5.41, 5.74) is -0.0703. The van der Waals surface area contributed by atoms with E-state index in [0.717, 1.165) is 19.4 Å². The molecule has 3 saturated heterocycles. The van der Waals surface area contributed by atoms with Gasteiger partial charge in [0.15, 0.2) is 0 Å². The third-order valence-electron chi connectivity index (χ3n) is 5.42. The Labute approximate surface area is 114 Å². The zero-order chi connectivity index (χ0) is 13.6. The number of imide groups is 1. The van der Waals surface area contributed by atoms with Gasteiger partial charge in [-0.15, -0.1) is 0 Å².